The Morgan fingerprint density at radius 2 is 1.81 bits per heavy atom. The zero-order valence-electron chi connectivity index (χ0n) is 15.4. The standard InChI is InChI=1S/C20H24BrN3OSi/c1-26(2,3)12-11-25-15-24-14-18(16-7-5-4-6-8-16)23-20(24)17-9-10-19(21)22-13-17/h4-10,13-14H,11-12,15H2,1-3H3. The monoisotopic (exact) mass is 429 g/mol. The van der Waals surface area contributed by atoms with Crippen LogP contribution in [0.3, 0.4) is 0 Å². The zero-order chi connectivity index (χ0) is 18.6. The summed E-state index contributed by atoms with van der Waals surface area (Å²) in [5, 5.41) is 0. The third-order valence-corrected chi connectivity index (χ3v) is 6.23. The number of ether oxygens (including phenoxy) is 1. The summed E-state index contributed by atoms with van der Waals surface area (Å²) in [4.78, 5) is 9.18. The summed E-state index contributed by atoms with van der Waals surface area (Å²) >= 11 is 3.39. The van der Waals surface area contributed by atoms with Crippen LogP contribution in [0.2, 0.25) is 25.7 Å². The Hall–Kier alpha value is -1.76. The van der Waals surface area contributed by atoms with E-state index in [1.54, 1.807) is 0 Å². The molecule has 0 saturated carbocycles. The van der Waals surface area contributed by atoms with Gasteiger partial charge in [0, 0.05) is 38.2 Å². The second-order valence-electron chi connectivity index (χ2n) is 7.50. The number of halogens is 1. The Kier molecular flexibility index (Phi) is 6.06. The number of benzene rings is 1. The molecule has 0 aliphatic carbocycles. The van der Waals surface area contributed by atoms with E-state index in [4.69, 9.17) is 9.72 Å². The first kappa shape index (κ1) is 19.0. The molecule has 2 heterocycles. The molecule has 0 bridgehead atoms. The van der Waals surface area contributed by atoms with Gasteiger partial charge in [0.1, 0.15) is 17.2 Å². The number of imidazole rings is 1. The summed E-state index contributed by atoms with van der Waals surface area (Å²) in [6.07, 6.45) is 3.89. The molecule has 3 aromatic rings. The van der Waals surface area contributed by atoms with E-state index in [0.29, 0.717) is 6.73 Å². The third-order valence-electron chi connectivity index (χ3n) is 4.06. The molecule has 0 saturated heterocycles. The molecule has 1 aromatic carbocycles. The normalized spacial score (nSPS) is 11.7. The minimum atomic E-state index is -1.09. The largest absolute Gasteiger partial charge is 0.361 e. The zero-order valence-corrected chi connectivity index (χ0v) is 18.0. The molecular formula is C20H24BrN3OSi. The van der Waals surface area contributed by atoms with Gasteiger partial charge < -0.3 is 9.30 Å². The van der Waals surface area contributed by atoms with E-state index in [2.05, 4.69) is 63.5 Å². The van der Waals surface area contributed by atoms with Crippen molar-refractivity contribution >= 4 is 24.0 Å². The summed E-state index contributed by atoms with van der Waals surface area (Å²) in [6, 6.07) is 15.3. The number of nitrogens with zero attached hydrogens (tertiary/aromatic N) is 3. The van der Waals surface area contributed by atoms with Crippen LogP contribution in [0.4, 0.5) is 0 Å². The molecule has 4 nitrogen and oxygen atoms in total. The fourth-order valence-electron chi connectivity index (χ4n) is 2.54. The van der Waals surface area contributed by atoms with Crippen LogP contribution in [0, 0.1) is 0 Å². The number of hydrogen-bond acceptors (Lipinski definition) is 3. The minimum Gasteiger partial charge on any atom is -0.361 e. The number of pyridine rings is 1. The fourth-order valence-corrected chi connectivity index (χ4v) is 3.53. The Morgan fingerprint density at radius 3 is 2.46 bits per heavy atom. The topological polar surface area (TPSA) is 39.9 Å². The Morgan fingerprint density at radius 1 is 1.04 bits per heavy atom. The first-order valence-corrected chi connectivity index (χ1v) is 13.2. The van der Waals surface area contributed by atoms with Crippen molar-refractivity contribution in [2.24, 2.45) is 0 Å². The van der Waals surface area contributed by atoms with Gasteiger partial charge in [-0.3, -0.25) is 0 Å². The number of rotatable bonds is 7. The van der Waals surface area contributed by atoms with E-state index in [0.717, 1.165) is 39.9 Å². The van der Waals surface area contributed by atoms with Crippen molar-refractivity contribution in [3.63, 3.8) is 0 Å². The molecule has 6 heteroatoms. The van der Waals surface area contributed by atoms with E-state index in [1.807, 2.05) is 36.5 Å². The van der Waals surface area contributed by atoms with Crippen LogP contribution in [-0.2, 0) is 11.5 Å². The third kappa shape index (κ3) is 5.12. The van der Waals surface area contributed by atoms with Gasteiger partial charge in [0.15, 0.2) is 0 Å². The maximum Gasteiger partial charge on any atom is 0.144 e. The maximum atomic E-state index is 5.96. The van der Waals surface area contributed by atoms with Crippen molar-refractivity contribution in [3.8, 4) is 22.6 Å². The van der Waals surface area contributed by atoms with Gasteiger partial charge in [-0.25, -0.2) is 9.97 Å². The van der Waals surface area contributed by atoms with E-state index in [1.165, 1.54) is 0 Å². The summed E-state index contributed by atoms with van der Waals surface area (Å²) in [7, 11) is -1.09. The first-order valence-electron chi connectivity index (χ1n) is 8.75. The number of hydrogen-bond donors (Lipinski definition) is 0. The second kappa shape index (κ2) is 8.29. The van der Waals surface area contributed by atoms with Gasteiger partial charge in [-0.2, -0.15) is 0 Å². The van der Waals surface area contributed by atoms with Gasteiger partial charge in [-0.15, -0.1) is 0 Å². The molecular weight excluding hydrogens is 406 g/mol. The van der Waals surface area contributed by atoms with Crippen LogP contribution in [0.1, 0.15) is 0 Å². The van der Waals surface area contributed by atoms with Crippen molar-refractivity contribution in [3.05, 3.63) is 59.5 Å². The van der Waals surface area contributed by atoms with Crippen LogP contribution < -0.4 is 0 Å². The van der Waals surface area contributed by atoms with Crippen LogP contribution in [0.25, 0.3) is 22.6 Å². The first-order chi connectivity index (χ1) is 12.4. The van der Waals surface area contributed by atoms with E-state index < -0.39 is 8.07 Å². The molecule has 2 aromatic heterocycles. The number of aromatic nitrogens is 3. The Bertz CT molecular complexity index is 842. The predicted octanol–water partition coefficient (Wildman–Crippen LogP) is 5.69. The lowest BCUT2D eigenvalue weighted by Gasteiger charge is -2.16. The maximum absolute atomic E-state index is 5.96. The molecule has 0 atom stereocenters. The summed E-state index contributed by atoms with van der Waals surface area (Å²) in [6.45, 7) is 8.36. The lowest BCUT2D eigenvalue weighted by molar-refractivity contribution is 0.0883. The smallest absolute Gasteiger partial charge is 0.144 e. The van der Waals surface area contributed by atoms with Crippen molar-refractivity contribution in [2.45, 2.75) is 32.4 Å². The molecule has 0 spiro atoms. The van der Waals surface area contributed by atoms with Gasteiger partial charge in [-0.1, -0.05) is 50.0 Å². The average Bonchev–Trinajstić information content (AvgIpc) is 3.04. The average molecular weight is 430 g/mol. The van der Waals surface area contributed by atoms with Crippen LogP contribution >= 0.6 is 15.9 Å². The molecule has 0 radical (unpaired) electrons. The molecule has 0 N–H and O–H groups in total. The van der Waals surface area contributed by atoms with Crippen LogP contribution in [-0.4, -0.2) is 29.2 Å². The van der Waals surface area contributed by atoms with Crippen LogP contribution in [0.5, 0.6) is 0 Å². The lowest BCUT2D eigenvalue weighted by atomic mass is 10.2. The molecule has 0 fully saturated rings. The molecule has 0 aliphatic rings. The van der Waals surface area contributed by atoms with E-state index in [9.17, 15) is 0 Å². The summed E-state index contributed by atoms with van der Waals surface area (Å²) in [5.41, 5.74) is 3.01. The SMILES string of the molecule is C[Si](C)(C)CCOCn1cc(-c2ccccc2)nc1-c1ccc(Br)nc1. The molecule has 26 heavy (non-hydrogen) atoms. The quantitative estimate of drug-likeness (QED) is 0.275. The van der Waals surface area contributed by atoms with Crippen molar-refractivity contribution < 1.29 is 4.74 Å². The molecule has 0 aliphatic heterocycles. The van der Waals surface area contributed by atoms with Crippen molar-refractivity contribution in [2.75, 3.05) is 6.61 Å². The van der Waals surface area contributed by atoms with Crippen molar-refractivity contribution in [1.29, 1.82) is 0 Å². The van der Waals surface area contributed by atoms with Crippen LogP contribution in [0.15, 0.2) is 59.5 Å². The predicted molar refractivity (Wildman–Crippen MR) is 113 cm³/mol. The van der Waals surface area contributed by atoms with E-state index in [-0.39, 0.29) is 0 Å². The fraction of sp³-hybridized carbons (Fsp3) is 0.300. The second-order valence-corrected chi connectivity index (χ2v) is 13.9. The van der Waals surface area contributed by atoms with Gasteiger partial charge in [0.05, 0.1) is 5.69 Å². The van der Waals surface area contributed by atoms with Gasteiger partial charge in [0.2, 0.25) is 0 Å². The molecule has 0 unspecified atom stereocenters. The molecule has 136 valence electrons. The Labute approximate surface area is 164 Å². The van der Waals surface area contributed by atoms with E-state index >= 15 is 0 Å². The highest BCUT2D eigenvalue weighted by Crippen LogP contribution is 2.25. The lowest BCUT2D eigenvalue weighted by Crippen LogP contribution is -2.22. The van der Waals surface area contributed by atoms with Gasteiger partial charge >= 0.3 is 0 Å². The van der Waals surface area contributed by atoms with Crippen molar-refractivity contribution in [1.82, 2.24) is 14.5 Å². The highest BCUT2D eigenvalue weighted by Gasteiger charge is 2.14. The summed E-state index contributed by atoms with van der Waals surface area (Å²) < 4.78 is 8.84. The minimum absolute atomic E-state index is 0.496. The summed E-state index contributed by atoms with van der Waals surface area (Å²) in [5.74, 6) is 0.872. The van der Waals surface area contributed by atoms with Gasteiger partial charge in [0.25, 0.3) is 0 Å². The highest BCUT2D eigenvalue weighted by molar-refractivity contribution is 9.10. The highest BCUT2D eigenvalue weighted by atomic mass is 79.9. The molecule has 0 amide bonds. The Balaban J connectivity index is 1.85. The van der Waals surface area contributed by atoms with Gasteiger partial charge in [-0.05, 0) is 34.1 Å². The molecule has 3 rings (SSSR count).